The SMILES string of the molecule is CC(CCN(C)C)Nc1nccc(C#N)c1Cl. The standard InChI is InChI=1S/C12H17ClN4/c1-9(5-7-17(2)3)16-12-11(13)10(8-14)4-6-15-12/h4,6,9H,5,7H2,1-3H3,(H,15,16). The maximum absolute atomic E-state index is 8.86. The zero-order valence-electron chi connectivity index (χ0n) is 10.4. The molecule has 0 bridgehead atoms. The third kappa shape index (κ3) is 4.22. The van der Waals surface area contributed by atoms with Gasteiger partial charge in [-0.15, -0.1) is 0 Å². The molecule has 4 nitrogen and oxygen atoms in total. The molecule has 0 spiro atoms. The number of nitriles is 1. The second kappa shape index (κ2) is 6.43. The second-order valence-corrected chi connectivity index (χ2v) is 4.65. The van der Waals surface area contributed by atoms with E-state index in [1.54, 1.807) is 12.3 Å². The first-order valence-electron chi connectivity index (χ1n) is 5.50. The van der Waals surface area contributed by atoms with Crippen LogP contribution in [0.5, 0.6) is 0 Å². The minimum atomic E-state index is 0.261. The van der Waals surface area contributed by atoms with Crippen molar-refractivity contribution in [1.29, 1.82) is 5.26 Å². The van der Waals surface area contributed by atoms with Crippen LogP contribution in [-0.2, 0) is 0 Å². The van der Waals surface area contributed by atoms with Gasteiger partial charge in [-0.2, -0.15) is 5.26 Å². The van der Waals surface area contributed by atoms with Crippen molar-refractivity contribution >= 4 is 17.4 Å². The number of anilines is 1. The molecule has 0 aliphatic heterocycles. The average molecular weight is 253 g/mol. The third-order valence-corrected chi connectivity index (χ3v) is 2.78. The molecule has 0 aromatic carbocycles. The Morgan fingerprint density at radius 1 is 1.59 bits per heavy atom. The van der Waals surface area contributed by atoms with E-state index in [0.717, 1.165) is 13.0 Å². The summed E-state index contributed by atoms with van der Waals surface area (Å²) < 4.78 is 0. The summed E-state index contributed by atoms with van der Waals surface area (Å²) in [4.78, 5) is 6.27. The Labute approximate surface area is 107 Å². The van der Waals surface area contributed by atoms with Crippen LogP contribution in [0.3, 0.4) is 0 Å². The van der Waals surface area contributed by atoms with Crippen molar-refractivity contribution in [3.63, 3.8) is 0 Å². The van der Waals surface area contributed by atoms with Crippen molar-refractivity contribution in [2.45, 2.75) is 19.4 Å². The minimum Gasteiger partial charge on any atom is -0.366 e. The van der Waals surface area contributed by atoms with Crippen molar-refractivity contribution in [3.05, 3.63) is 22.8 Å². The maximum atomic E-state index is 8.86. The van der Waals surface area contributed by atoms with E-state index in [-0.39, 0.29) is 6.04 Å². The van der Waals surface area contributed by atoms with Crippen molar-refractivity contribution in [2.75, 3.05) is 26.0 Å². The van der Waals surface area contributed by atoms with Gasteiger partial charge in [-0.25, -0.2) is 4.98 Å². The summed E-state index contributed by atoms with van der Waals surface area (Å²) in [6.07, 6.45) is 2.58. The number of hydrogen-bond donors (Lipinski definition) is 1. The highest BCUT2D eigenvalue weighted by Crippen LogP contribution is 2.23. The van der Waals surface area contributed by atoms with Crippen molar-refractivity contribution < 1.29 is 0 Å². The molecule has 92 valence electrons. The molecule has 1 aromatic rings. The summed E-state index contributed by atoms with van der Waals surface area (Å²) >= 11 is 6.06. The zero-order chi connectivity index (χ0) is 12.8. The van der Waals surface area contributed by atoms with Gasteiger partial charge in [0.15, 0.2) is 0 Å². The van der Waals surface area contributed by atoms with Gasteiger partial charge in [0.1, 0.15) is 16.9 Å². The molecular formula is C12H17ClN4. The number of halogens is 1. The van der Waals surface area contributed by atoms with Crippen LogP contribution in [0.15, 0.2) is 12.3 Å². The van der Waals surface area contributed by atoms with E-state index in [4.69, 9.17) is 16.9 Å². The number of hydrogen-bond acceptors (Lipinski definition) is 4. The van der Waals surface area contributed by atoms with Gasteiger partial charge in [0.25, 0.3) is 0 Å². The zero-order valence-corrected chi connectivity index (χ0v) is 11.1. The highest BCUT2D eigenvalue weighted by molar-refractivity contribution is 6.34. The maximum Gasteiger partial charge on any atom is 0.146 e. The van der Waals surface area contributed by atoms with Crippen LogP contribution in [0.25, 0.3) is 0 Å². The lowest BCUT2D eigenvalue weighted by atomic mass is 10.2. The molecule has 1 aromatic heterocycles. The number of nitrogens with zero attached hydrogens (tertiary/aromatic N) is 3. The van der Waals surface area contributed by atoms with Crippen LogP contribution in [0, 0.1) is 11.3 Å². The molecule has 0 aliphatic rings. The quantitative estimate of drug-likeness (QED) is 0.874. The first-order valence-corrected chi connectivity index (χ1v) is 5.88. The lowest BCUT2D eigenvalue weighted by molar-refractivity contribution is 0.390. The van der Waals surface area contributed by atoms with Crippen LogP contribution in [-0.4, -0.2) is 36.6 Å². The van der Waals surface area contributed by atoms with E-state index >= 15 is 0 Å². The highest BCUT2D eigenvalue weighted by Gasteiger charge is 2.10. The summed E-state index contributed by atoms with van der Waals surface area (Å²) in [5.41, 5.74) is 0.448. The van der Waals surface area contributed by atoms with Crippen LogP contribution < -0.4 is 5.32 Å². The van der Waals surface area contributed by atoms with Crippen LogP contribution in [0.4, 0.5) is 5.82 Å². The molecule has 1 N–H and O–H groups in total. The Morgan fingerprint density at radius 3 is 2.88 bits per heavy atom. The van der Waals surface area contributed by atoms with Gasteiger partial charge in [0, 0.05) is 12.2 Å². The number of nitrogens with one attached hydrogen (secondary N) is 1. The molecule has 1 unspecified atom stereocenters. The fraction of sp³-hybridized carbons (Fsp3) is 0.500. The van der Waals surface area contributed by atoms with E-state index in [0.29, 0.717) is 16.4 Å². The Hall–Kier alpha value is -1.31. The van der Waals surface area contributed by atoms with Crippen LogP contribution in [0.2, 0.25) is 5.02 Å². The molecule has 1 heterocycles. The lowest BCUT2D eigenvalue weighted by Crippen LogP contribution is -2.23. The predicted molar refractivity (Wildman–Crippen MR) is 70.2 cm³/mol. The lowest BCUT2D eigenvalue weighted by Gasteiger charge is -2.17. The Morgan fingerprint density at radius 2 is 2.29 bits per heavy atom. The topological polar surface area (TPSA) is 52.0 Å². The molecular weight excluding hydrogens is 236 g/mol. The molecule has 17 heavy (non-hydrogen) atoms. The molecule has 1 rings (SSSR count). The molecule has 0 radical (unpaired) electrons. The van der Waals surface area contributed by atoms with E-state index in [2.05, 4.69) is 22.1 Å². The fourth-order valence-electron chi connectivity index (χ4n) is 1.39. The molecule has 0 amide bonds. The van der Waals surface area contributed by atoms with Gasteiger partial charge in [-0.3, -0.25) is 0 Å². The summed E-state index contributed by atoms with van der Waals surface area (Å²) in [5, 5.41) is 12.5. The fourth-order valence-corrected chi connectivity index (χ4v) is 1.60. The first-order chi connectivity index (χ1) is 8.04. The van der Waals surface area contributed by atoms with Gasteiger partial charge in [0.05, 0.1) is 5.56 Å². The molecule has 0 saturated heterocycles. The van der Waals surface area contributed by atoms with Crippen molar-refractivity contribution in [3.8, 4) is 6.07 Å². The smallest absolute Gasteiger partial charge is 0.146 e. The predicted octanol–water partition coefficient (Wildman–Crippen LogP) is 2.36. The third-order valence-electron chi connectivity index (χ3n) is 2.40. The number of rotatable bonds is 5. The highest BCUT2D eigenvalue weighted by atomic mass is 35.5. The van der Waals surface area contributed by atoms with Gasteiger partial charge in [-0.1, -0.05) is 11.6 Å². The normalized spacial score (nSPS) is 12.2. The van der Waals surface area contributed by atoms with E-state index in [9.17, 15) is 0 Å². The summed E-state index contributed by atoms with van der Waals surface area (Å²) in [6.45, 7) is 3.06. The molecule has 0 saturated carbocycles. The average Bonchev–Trinajstić information content (AvgIpc) is 2.29. The minimum absolute atomic E-state index is 0.261. The molecule has 0 fully saturated rings. The van der Waals surface area contributed by atoms with E-state index in [1.807, 2.05) is 20.2 Å². The van der Waals surface area contributed by atoms with Gasteiger partial charge < -0.3 is 10.2 Å². The molecule has 1 atom stereocenters. The largest absolute Gasteiger partial charge is 0.366 e. The van der Waals surface area contributed by atoms with E-state index in [1.165, 1.54) is 0 Å². The van der Waals surface area contributed by atoms with Gasteiger partial charge in [0.2, 0.25) is 0 Å². The van der Waals surface area contributed by atoms with Crippen LogP contribution >= 0.6 is 11.6 Å². The Balaban J connectivity index is 2.66. The van der Waals surface area contributed by atoms with Crippen molar-refractivity contribution in [1.82, 2.24) is 9.88 Å². The number of pyridine rings is 1. The summed E-state index contributed by atoms with van der Waals surface area (Å²) in [7, 11) is 4.07. The van der Waals surface area contributed by atoms with E-state index < -0.39 is 0 Å². The Bertz CT molecular complexity index is 411. The van der Waals surface area contributed by atoms with Crippen molar-refractivity contribution in [2.24, 2.45) is 0 Å². The monoisotopic (exact) mass is 252 g/mol. The first kappa shape index (κ1) is 13.8. The molecule has 0 aliphatic carbocycles. The summed E-state index contributed by atoms with van der Waals surface area (Å²) in [5.74, 6) is 0.581. The molecule has 5 heteroatoms. The van der Waals surface area contributed by atoms with Gasteiger partial charge in [-0.05, 0) is 40.1 Å². The number of aromatic nitrogens is 1. The Kier molecular flexibility index (Phi) is 5.20. The van der Waals surface area contributed by atoms with Gasteiger partial charge >= 0.3 is 0 Å². The van der Waals surface area contributed by atoms with Crippen LogP contribution in [0.1, 0.15) is 18.9 Å². The second-order valence-electron chi connectivity index (χ2n) is 4.27. The summed E-state index contributed by atoms with van der Waals surface area (Å²) in [6, 6.07) is 3.91.